The number of fused-ring (bicyclic) bond motifs is 1. The normalized spacial score (nSPS) is 23.9. The molecule has 0 radical (unpaired) electrons. The maximum atomic E-state index is 12.8. The van der Waals surface area contributed by atoms with Gasteiger partial charge in [0.05, 0.1) is 23.4 Å². The van der Waals surface area contributed by atoms with Crippen LogP contribution in [-0.2, 0) is 0 Å². The third kappa shape index (κ3) is 3.40. The monoisotopic (exact) mass is 380 g/mol. The van der Waals surface area contributed by atoms with Crippen LogP contribution in [-0.4, -0.2) is 46.9 Å². The smallest absolute Gasteiger partial charge is 0.255 e. The number of nitrogens with two attached hydrogens (primary N) is 1. The van der Waals surface area contributed by atoms with Crippen molar-refractivity contribution in [1.82, 2.24) is 15.2 Å². The van der Waals surface area contributed by atoms with E-state index in [4.69, 9.17) is 10.5 Å². The Hall–Kier alpha value is -3.09. The molecule has 1 aliphatic carbocycles. The van der Waals surface area contributed by atoms with Crippen LogP contribution in [0.15, 0.2) is 42.7 Å². The number of nitrogens with zero attached hydrogens (tertiary/aromatic N) is 2. The van der Waals surface area contributed by atoms with Gasteiger partial charge < -0.3 is 20.7 Å². The molecule has 0 unspecified atom stereocenters. The molecule has 3 N–H and O–H groups in total. The fourth-order valence-electron chi connectivity index (χ4n) is 4.09. The Labute approximate surface area is 163 Å². The Morgan fingerprint density at radius 3 is 2.79 bits per heavy atom. The van der Waals surface area contributed by atoms with Gasteiger partial charge >= 0.3 is 0 Å². The fourth-order valence-corrected chi connectivity index (χ4v) is 4.09. The molecule has 1 aromatic carbocycles. The van der Waals surface area contributed by atoms with Crippen LogP contribution in [0.1, 0.15) is 46.4 Å². The third-order valence-corrected chi connectivity index (χ3v) is 5.77. The summed E-state index contributed by atoms with van der Waals surface area (Å²) in [6.07, 6.45) is 6.20. The van der Waals surface area contributed by atoms with Crippen LogP contribution < -0.4 is 15.8 Å². The van der Waals surface area contributed by atoms with E-state index in [0.717, 1.165) is 25.7 Å². The van der Waals surface area contributed by atoms with Crippen LogP contribution in [0, 0.1) is 0 Å². The van der Waals surface area contributed by atoms with Gasteiger partial charge in [-0.15, -0.1) is 0 Å². The van der Waals surface area contributed by atoms with Gasteiger partial charge in [0.15, 0.2) is 0 Å². The summed E-state index contributed by atoms with van der Waals surface area (Å²) in [6, 6.07) is 9.09. The molecule has 2 heterocycles. The van der Waals surface area contributed by atoms with Gasteiger partial charge in [0.1, 0.15) is 11.4 Å². The van der Waals surface area contributed by atoms with Gasteiger partial charge in [-0.05, 0) is 43.9 Å². The van der Waals surface area contributed by atoms with Crippen molar-refractivity contribution in [3.8, 4) is 5.75 Å². The van der Waals surface area contributed by atoms with Gasteiger partial charge in [0.2, 0.25) is 0 Å². The Morgan fingerprint density at radius 1 is 1.29 bits per heavy atom. The minimum Gasteiger partial charge on any atom is -0.485 e. The van der Waals surface area contributed by atoms with Crippen molar-refractivity contribution in [3.63, 3.8) is 0 Å². The number of carbonyl (C=O) groups is 2. The summed E-state index contributed by atoms with van der Waals surface area (Å²) in [6.45, 7) is 0.476. The molecule has 0 atom stereocenters. The lowest BCUT2D eigenvalue weighted by atomic mass is 9.81. The number of benzene rings is 1. The standard InChI is InChI=1S/C21H24N4O3/c1-25(20(27)14-10-15(22)12-23-11-14)16-6-8-21(9-7-16)13-24-19(26)17-4-2-3-5-18(17)28-21/h2-5,10-12,16H,6-9,13,22H2,1H3,(H,24,26). The number of para-hydroxylation sites is 1. The Bertz CT molecular complexity index is 906. The molecule has 1 aliphatic heterocycles. The van der Waals surface area contributed by atoms with Crippen LogP contribution in [0.5, 0.6) is 5.75 Å². The predicted molar refractivity (Wildman–Crippen MR) is 105 cm³/mol. The summed E-state index contributed by atoms with van der Waals surface area (Å²) in [5.41, 5.74) is 6.86. The van der Waals surface area contributed by atoms with E-state index in [1.165, 1.54) is 6.20 Å². The first-order valence-corrected chi connectivity index (χ1v) is 9.51. The number of ether oxygens (including phenoxy) is 1. The predicted octanol–water partition coefficient (Wildman–Crippen LogP) is 2.24. The second kappa shape index (κ2) is 7.14. The lowest BCUT2D eigenvalue weighted by Gasteiger charge is -2.42. The number of aromatic nitrogens is 1. The molecule has 0 saturated heterocycles. The number of anilines is 1. The van der Waals surface area contributed by atoms with E-state index in [9.17, 15) is 9.59 Å². The Morgan fingerprint density at radius 2 is 2.04 bits per heavy atom. The molecular formula is C21H24N4O3. The van der Waals surface area contributed by atoms with E-state index in [0.29, 0.717) is 29.1 Å². The second-order valence-electron chi connectivity index (χ2n) is 7.62. The third-order valence-electron chi connectivity index (χ3n) is 5.77. The van der Waals surface area contributed by atoms with Crippen LogP contribution in [0.2, 0.25) is 0 Å². The number of nitrogen functional groups attached to an aromatic ring is 1. The molecule has 1 saturated carbocycles. The number of pyridine rings is 1. The summed E-state index contributed by atoms with van der Waals surface area (Å²) < 4.78 is 6.33. The summed E-state index contributed by atoms with van der Waals surface area (Å²) in [7, 11) is 1.82. The zero-order valence-electron chi connectivity index (χ0n) is 15.9. The fraction of sp³-hybridized carbons (Fsp3) is 0.381. The molecule has 146 valence electrons. The summed E-state index contributed by atoms with van der Waals surface area (Å²) in [4.78, 5) is 30.9. The number of hydrogen-bond donors (Lipinski definition) is 2. The molecule has 0 bridgehead atoms. The molecule has 28 heavy (non-hydrogen) atoms. The highest BCUT2D eigenvalue weighted by atomic mass is 16.5. The molecule has 1 spiro atoms. The van der Waals surface area contributed by atoms with E-state index in [1.807, 2.05) is 25.2 Å². The van der Waals surface area contributed by atoms with Crippen molar-refractivity contribution in [2.24, 2.45) is 0 Å². The summed E-state index contributed by atoms with van der Waals surface area (Å²) in [5, 5.41) is 2.99. The Balaban J connectivity index is 1.46. The van der Waals surface area contributed by atoms with Crippen LogP contribution in [0.25, 0.3) is 0 Å². The average Bonchev–Trinajstić information content (AvgIpc) is 2.85. The molecular weight excluding hydrogens is 356 g/mol. The lowest BCUT2D eigenvalue weighted by Crippen LogP contribution is -2.51. The number of nitrogens with one attached hydrogen (secondary N) is 1. The minimum absolute atomic E-state index is 0.0822. The number of rotatable bonds is 2. The molecule has 1 aromatic heterocycles. The number of hydrogen-bond acceptors (Lipinski definition) is 5. The molecule has 2 aromatic rings. The summed E-state index contributed by atoms with van der Waals surface area (Å²) >= 11 is 0. The van der Waals surface area contributed by atoms with Gasteiger partial charge in [0.25, 0.3) is 11.8 Å². The molecule has 2 aliphatic rings. The molecule has 7 heteroatoms. The van der Waals surface area contributed by atoms with Crippen molar-refractivity contribution < 1.29 is 14.3 Å². The van der Waals surface area contributed by atoms with Crippen molar-refractivity contribution >= 4 is 17.5 Å². The van der Waals surface area contributed by atoms with Gasteiger partial charge in [-0.25, -0.2) is 0 Å². The maximum absolute atomic E-state index is 12.8. The van der Waals surface area contributed by atoms with Crippen molar-refractivity contribution in [3.05, 3.63) is 53.9 Å². The first kappa shape index (κ1) is 18.3. The van der Waals surface area contributed by atoms with Crippen molar-refractivity contribution in [2.75, 3.05) is 19.3 Å². The quantitative estimate of drug-likeness (QED) is 0.833. The highest BCUT2D eigenvalue weighted by molar-refractivity contribution is 5.97. The maximum Gasteiger partial charge on any atom is 0.255 e. The lowest BCUT2D eigenvalue weighted by molar-refractivity contribution is 0.0103. The topological polar surface area (TPSA) is 97.5 Å². The van der Waals surface area contributed by atoms with Crippen LogP contribution in [0.4, 0.5) is 5.69 Å². The first-order chi connectivity index (χ1) is 13.5. The number of amides is 2. The van der Waals surface area contributed by atoms with Crippen LogP contribution in [0.3, 0.4) is 0 Å². The largest absolute Gasteiger partial charge is 0.485 e. The molecule has 7 nitrogen and oxygen atoms in total. The van der Waals surface area contributed by atoms with E-state index in [1.54, 1.807) is 23.2 Å². The SMILES string of the molecule is CN(C(=O)c1cncc(N)c1)C1CCC2(CC1)CNC(=O)c1ccccc1O2. The summed E-state index contributed by atoms with van der Waals surface area (Å²) in [5.74, 6) is 0.448. The molecule has 1 fully saturated rings. The van der Waals surface area contributed by atoms with Gasteiger partial charge in [0, 0.05) is 25.5 Å². The van der Waals surface area contributed by atoms with E-state index < -0.39 is 5.60 Å². The molecule has 2 amide bonds. The van der Waals surface area contributed by atoms with Gasteiger partial charge in [-0.2, -0.15) is 0 Å². The van der Waals surface area contributed by atoms with Crippen molar-refractivity contribution in [1.29, 1.82) is 0 Å². The minimum atomic E-state index is -0.429. The highest BCUT2D eigenvalue weighted by Crippen LogP contribution is 2.37. The number of carbonyl (C=O) groups excluding carboxylic acids is 2. The Kier molecular flexibility index (Phi) is 4.66. The van der Waals surface area contributed by atoms with Gasteiger partial charge in [-0.3, -0.25) is 14.6 Å². The molecule has 4 rings (SSSR count). The van der Waals surface area contributed by atoms with Gasteiger partial charge in [-0.1, -0.05) is 12.1 Å². The van der Waals surface area contributed by atoms with Crippen molar-refractivity contribution in [2.45, 2.75) is 37.3 Å². The van der Waals surface area contributed by atoms with E-state index >= 15 is 0 Å². The zero-order valence-corrected chi connectivity index (χ0v) is 15.9. The van der Waals surface area contributed by atoms with E-state index in [2.05, 4.69) is 10.3 Å². The second-order valence-corrected chi connectivity index (χ2v) is 7.62. The van der Waals surface area contributed by atoms with E-state index in [-0.39, 0.29) is 17.9 Å². The van der Waals surface area contributed by atoms with Crippen LogP contribution >= 0.6 is 0 Å². The highest BCUT2D eigenvalue weighted by Gasteiger charge is 2.41. The average molecular weight is 380 g/mol. The first-order valence-electron chi connectivity index (χ1n) is 9.51. The zero-order chi connectivity index (χ0) is 19.7.